The Morgan fingerprint density at radius 2 is 2.35 bits per heavy atom. The van der Waals surface area contributed by atoms with E-state index in [1.165, 1.54) is 6.07 Å². The lowest BCUT2D eigenvalue weighted by Crippen LogP contribution is -2.29. The summed E-state index contributed by atoms with van der Waals surface area (Å²) < 4.78 is 24.9. The van der Waals surface area contributed by atoms with Crippen molar-refractivity contribution in [3.63, 3.8) is 0 Å². The number of benzene rings is 1. The average Bonchev–Trinajstić information content (AvgIpc) is 2.61. The van der Waals surface area contributed by atoms with Gasteiger partial charge in [0.2, 0.25) is 0 Å². The van der Waals surface area contributed by atoms with Crippen LogP contribution in [0.3, 0.4) is 0 Å². The molecule has 1 fully saturated rings. The molecule has 5 heteroatoms. The third-order valence-corrected chi connectivity index (χ3v) is 3.18. The highest BCUT2D eigenvalue weighted by atomic mass is 35.5. The summed E-state index contributed by atoms with van der Waals surface area (Å²) in [5.74, 6) is -1.12. The maximum atomic E-state index is 13.7. The zero-order valence-electron chi connectivity index (χ0n) is 9.58. The fraction of sp³-hybridized carbons (Fsp3) is 0.500. The molecule has 2 unspecified atom stereocenters. The first-order chi connectivity index (χ1) is 8.06. The molecule has 0 saturated carbocycles. The van der Waals surface area contributed by atoms with Crippen LogP contribution in [-0.2, 0) is 9.47 Å². The maximum Gasteiger partial charge on any atom is 0.167 e. The normalized spacial score (nSPS) is 28.6. The highest BCUT2D eigenvalue weighted by molar-refractivity contribution is 6.31. The summed E-state index contributed by atoms with van der Waals surface area (Å²) >= 11 is 5.98. The van der Waals surface area contributed by atoms with Crippen LogP contribution in [0.4, 0.5) is 4.39 Å². The molecule has 0 spiro atoms. The summed E-state index contributed by atoms with van der Waals surface area (Å²) in [6.07, 6.45) is 0.0931. The molecule has 2 N–H and O–H groups in total. The molecular formula is C12H15ClFNO2. The van der Waals surface area contributed by atoms with Crippen LogP contribution in [0.25, 0.3) is 0 Å². The topological polar surface area (TPSA) is 44.5 Å². The Morgan fingerprint density at radius 1 is 1.59 bits per heavy atom. The Hall–Kier alpha value is -0.680. The summed E-state index contributed by atoms with van der Waals surface area (Å²) in [4.78, 5) is 0. The van der Waals surface area contributed by atoms with Gasteiger partial charge in [-0.25, -0.2) is 4.39 Å². The Labute approximate surface area is 105 Å². The monoisotopic (exact) mass is 259 g/mol. The predicted octanol–water partition coefficient (Wildman–Crippen LogP) is 2.63. The molecule has 0 bridgehead atoms. The number of ether oxygens (including phenoxy) is 2. The number of halogens is 2. The van der Waals surface area contributed by atoms with Crippen molar-refractivity contribution >= 4 is 11.6 Å². The van der Waals surface area contributed by atoms with Crippen LogP contribution in [0, 0.1) is 5.82 Å². The Kier molecular flexibility index (Phi) is 3.68. The summed E-state index contributed by atoms with van der Waals surface area (Å²) in [7, 11) is 0. The van der Waals surface area contributed by atoms with E-state index in [0.29, 0.717) is 23.6 Å². The quantitative estimate of drug-likeness (QED) is 0.908. The summed E-state index contributed by atoms with van der Waals surface area (Å²) in [5, 5.41) is 0.357. The van der Waals surface area contributed by atoms with E-state index in [0.717, 1.165) is 0 Å². The molecule has 0 aromatic heterocycles. The van der Waals surface area contributed by atoms with Gasteiger partial charge in [0, 0.05) is 17.0 Å². The molecule has 2 rings (SSSR count). The van der Waals surface area contributed by atoms with E-state index in [2.05, 4.69) is 0 Å². The maximum absolute atomic E-state index is 13.7. The van der Waals surface area contributed by atoms with Crippen LogP contribution >= 0.6 is 11.6 Å². The molecular weight excluding hydrogens is 245 g/mol. The fourth-order valence-electron chi connectivity index (χ4n) is 1.97. The number of rotatable bonds is 3. The molecule has 0 amide bonds. The molecule has 17 heavy (non-hydrogen) atoms. The van der Waals surface area contributed by atoms with Crippen molar-refractivity contribution in [3.05, 3.63) is 34.6 Å². The van der Waals surface area contributed by atoms with E-state index < -0.39 is 11.9 Å². The summed E-state index contributed by atoms with van der Waals surface area (Å²) in [5.41, 5.74) is 5.83. The van der Waals surface area contributed by atoms with Crippen LogP contribution in [-0.4, -0.2) is 18.9 Å². The van der Waals surface area contributed by atoms with Crippen molar-refractivity contribution < 1.29 is 13.9 Å². The largest absolute Gasteiger partial charge is 0.347 e. The second kappa shape index (κ2) is 4.90. The zero-order chi connectivity index (χ0) is 12.5. The first-order valence-corrected chi connectivity index (χ1v) is 5.89. The molecule has 1 heterocycles. The molecule has 1 saturated heterocycles. The van der Waals surface area contributed by atoms with Crippen LogP contribution < -0.4 is 5.73 Å². The van der Waals surface area contributed by atoms with Crippen molar-refractivity contribution in [1.29, 1.82) is 0 Å². The minimum atomic E-state index is -0.745. The summed E-state index contributed by atoms with van der Waals surface area (Å²) in [6, 6.07) is 4.57. The average molecular weight is 260 g/mol. The highest BCUT2D eigenvalue weighted by Crippen LogP contribution is 2.38. The van der Waals surface area contributed by atoms with E-state index >= 15 is 0 Å². The highest BCUT2D eigenvalue weighted by Gasteiger charge is 2.38. The van der Waals surface area contributed by atoms with Gasteiger partial charge < -0.3 is 15.2 Å². The molecule has 1 aliphatic heterocycles. The van der Waals surface area contributed by atoms with E-state index in [1.54, 1.807) is 19.1 Å². The standard InChI is InChI=1S/C12H15ClFNO2/c1-12(5-6-15)16-7-10(17-12)11-8(13)3-2-4-9(11)14/h2-4,10H,5-7,15H2,1H3. The van der Waals surface area contributed by atoms with E-state index in [9.17, 15) is 4.39 Å². The van der Waals surface area contributed by atoms with Gasteiger partial charge in [-0.1, -0.05) is 17.7 Å². The molecule has 1 aliphatic rings. The zero-order valence-corrected chi connectivity index (χ0v) is 10.3. The van der Waals surface area contributed by atoms with Gasteiger partial charge in [0.05, 0.1) is 6.61 Å². The van der Waals surface area contributed by atoms with Gasteiger partial charge in [-0.2, -0.15) is 0 Å². The van der Waals surface area contributed by atoms with Gasteiger partial charge in [-0.3, -0.25) is 0 Å². The molecule has 1 aromatic carbocycles. The first kappa shape index (κ1) is 12.8. The van der Waals surface area contributed by atoms with Gasteiger partial charge in [0.25, 0.3) is 0 Å². The predicted molar refractivity (Wildman–Crippen MR) is 63.3 cm³/mol. The molecule has 1 aromatic rings. The van der Waals surface area contributed by atoms with E-state index in [-0.39, 0.29) is 12.4 Å². The third kappa shape index (κ3) is 2.60. The third-order valence-electron chi connectivity index (χ3n) is 2.85. The lowest BCUT2D eigenvalue weighted by molar-refractivity contribution is -0.157. The van der Waals surface area contributed by atoms with Gasteiger partial charge in [-0.05, 0) is 25.6 Å². The Balaban J connectivity index is 2.21. The van der Waals surface area contributed by atoms with Crippen LogP contribution in [0.2, 0.25) is 5.02 Å². The first-order valence-electron chi connectivity index (χ1n) is 5.51. The summed E-state index contributed by atoms with van der Waals surface area (Å²) in [6.45, 7) is 2.54. The van der Waals surface area contributed by atoms with Crippen molar-refractivity contribution in [1.82, 2.24) is 0 Å². The van der Waals surface area contributed by atoms with E-state index in [1.807, 2.05) is 0 Å². The Bertz CT molecular complexity index is 395. The molecule has 94 valence electrons. The van der Waals surface area contributed by atoms with Crippen molar-refractivity contribution in [3.8, 4) is 0 Å². The fourth-order valence-corrected chi connectivity index (χ4v) is 2.26. The molecule has 0 radical (unpaired) electrons. The van der Waals surface area contributed by atoms with Crippen LogP contribution in [0.1, 0.15) is 25.0 Å². The number of hydrogen-bond acceptors (Lipinski definition) is 3. The number of hydrogen-bond donors (Lipinski definition) is 1. The van der Waals surface area contributed by atoms with Crippen molar-refractivity contribution in [2.24, 2.45) is 5.73 Å². The Morgan fingerprint density at radius 3 is 3.00 bits per heavy atom. The second-order valence-electron chi connectivity index (χ2n) is 4.23. The van der Waals surface area contributed by atoms with Gasteiger partial charge >= 0.3 is 0 Å². The smallest absolute Gasteiger partial charge is 0.167 e. The van der Waals surface area contributed by atoms with Crippen molar-refractivity contribution in [2.45, 2.75) is 25.2 Å². The molecule has 2 atom stereocenters. The van der Waals surface area contributed by atoms with Gasteiger partial charge in [0.15, 0.2) is 5.79 Å². The van der Waals surface area contributed by atoms with Crippen molar-refractivity contribution in [2.75, 3.05) is 13.2 Å². The van der Waals surface area contributed by atoms with Crippen LogP contribution in [0.5, 0.6) is 0 Å². The lowest BCUT2D eigenvalue weighted by atomic mass is 10.1. The minimum Gasteiger partial charge on any atom is -0.347 e. The van der Waals surface area contributed by atoms with Gasteiger partial charge in [0.1, 0.15) is 11.9 Å². The number of nitrogens with two attached hydrogens (primary N) is 1. The SMILES string of the molecule is CC1(CCN)OCC(c2c(F)cccc2Cl)O1. The lowest BCUT2D eigenvalue weighted by Gasteiger charge is -2.22. The molecule has 0 aliphatic carbocycles. The van der Waals surface area contributed by atoms with Crippen LogP contribution in [0.15, 0.2) is 18.2 Å². The van der Waals surface area contributed by atoms with Gasteiger partial charge in [-0.15, -0.1) is 0 Å². The minimum absolute atomic E-state index is 0.289. The van der Waals surface area contributed by atoms with E-state index in [4.69, 9.17) is 26.8 Å². The second-order valence-corrected chi connectivity index (χ2v) is 4.63. The molecule has 3 nitrogen and oxygen atoms in total.